The van der Waals surface area contributed by atoms with Gasteiger partial charge >= 0.3 is 5.97 Å². The van der Waals surface area contributed by atoms with Crippen molar-refractivity contribution in [3.8, 4) is 0 Å². The molecule has 202 valence electrons. The number of hydrogen-bond acceptors (Lipinski definition) is 6. The maximum Gasteiger partial charge on any atom is 0.326 e. The SMILES string of the molecule is CCC(C)C(NC(=O)C(N)C(C)C)C(=O)NC(CCCN=C(N)N)C(=O)NC(CC(C)C)C(=O)O. The second-order valence-electron chi connectivity index (χ2n) is 9.68. The maximum absolute atomic E-state index is 13.2. The number of carbonyl (C=O) groups is 4. The number of amides is 3. The molecule has 0 saturated carbocycles. The van der Waals surface area contributed by atoms with Crippen molar-refractivity contribution in [3.05, 3.63) is 0 Å². The smallest absolute Gasteiger partial charge is 0.326 e. The van der Waals surface area contributed by atoms with Crippen LogP contribution in [0.4, 0.5) is 0 Å². The van der Waals surface area contributed by atoms with Gasteiger partial charge in [0.25, 0.3) is 0 Å². The highest BCUT2D eigenvalue weighted by atomic mass is 16.4. The van der Waals surface area contributed by atoms with Gasteiger partial charge in [0.15, 0.2) is 5.96 Å². The van der Waals surface area contributed by atoms with Crippen molar-refractivity contribution in [1.29, 1.82) is 0 Å². The van der Waals surface area contributed by atoms with E-state index in [1.807, 2.05) is 27.7 Å². The average molecular weight is 500 g/mol. The number of carboxylic acid groups (broad SMARTS) is 1. The van der Waals surface area contributed by atoms with Gasteiger partial charge in [0.05, 0.1) is 6.04 Å². The number of hydrogen-bond donors (Lipinski definition) is 7. The maximum atomic E-state index is 13.2. The molecule has 0 saturated heterocycles. The summed E-state index contributed by atoms with van der Waals surface area (Å²) in [6, 6.07) is -3.86. The first-order valence-corrected chi connectivity index (χ1v) is 12.2. The molecule has 0 heterocycles. The van der Waals surface area contributed by atoms with Gasteiger partial charge in [-0.15, -0.1) is 0 Å². The molecular weight excluding hydrogens is 454 g/mol. The Morgan fingerprint density at radius 2 is 1.46 bits per heavy atom. The summed E-state index contributed by atoms with van der Waals surface area (Å²) < 4.78 is 0. The lowest BCUT2D eigenvalue weighted by atomic mass is 9.96. The number of nitrogens with two attached hydrogens (primary N) is 3. The number of carboxylic acids is 1. The molecule has 0 bridgehead atoms. The Labute approximate surface area is 208 Å². The van der Waals surface area contributed by atoms with Crippen LogP contribution in [0.25, 0.3) is 0 Å². The number of aliphatic carboxylic acids is 1. The van der Waals surface area contributed by atoms with Crippen LogP contribution in [0.3, 0.4) is 0 Å². The number of nitrogens with zero attached hydrogens (tertiary/aromatic N) is 1. The van der Waals surface area contributed by atoms with Gasteiger partial charge in [-0.1, -0.05) is 48.0 Å². The third-order valence-electron chi connectivity index (χ3n) is 5.71. The molecule has 5 unspecified atom stereocenters. The number of carbonyl (C=O) groups excluding carboxylic acids is 3. The molecule has 0 radical (unpaired) electrons. The molecule has 10 N–H and O–H groups in total. The zero-order valence-electron chi connectivity index (χ0n) is 21.8. The van der Waals surface area contributed by atoms with Crippen molar-refractivity contribution >= 4 is 29.7 Å². The van der Waals surface area contributed by atoms with E-state index in [9.17, 15) is 24.3 Å². The van der Waals surface area contributed by atoms with Gasteiger partial charge in [-0.05, 0) is 37.0 Å². The normalized spacial score (nSPS) is 15.5. The quantitative estimate of drug-likeness (QED) is 0.0844. The van der Waals surface area contributed by atoms with Gasteiger partial charge in [0, 0.05) is 6.54 Å². The lowest BCUT2D eigenvalue weighted by molar-refractivity contribution is -0.143. The number of nitrogens with one attached hydrogen (secondary N) is 3. The van der Waals surface area contributed by atoms with Crippen molar-refractivity contribution in [3.63, 3.8) is 0 Å². The monoisotopic (exact) mass is 499 g/mol. The van der Waals surface area contributed by atoms with E-state index in [2.05, 4.69) is 20.9 Å². The Balaban J connectivity index is 5.69. The minimum absolute atomic E-state index is 0.0291. The third-order valence-corrected chi connectivity index (χ3v) is 5.71. The van der Waals surface area contributed by atoms with E-state index >= 15 is 0 Å². The zero-order valence-corrected chi connectivity index (χ0v) is 21.8. The highest BCUT2D eigenvalue weighted by Crippen LogP contribution is 2.12. The van der Waals surface area contributed by atoms with Crippen LogP contribution in [0.1, 0.15) is 67.2 Å². The van der Waals surface area contributed by atoms with E-state index in [1.54, 1.807) is 13.8 Å². The largest absolute Gasteiger partial charge is 0.480 e. The zero-order chi connectivity index (χ0) is 27.3. The van der Waals surface area contributed by atoms with Gasteiger partial charge in [-0.2, -0.15) is 0 Å². The van der Waals surface area contributed by atoms with Crippen LogP contribution in [0.2, 0.25) is 0 Å². The third kappa shape index (κ3) is 12.4. The lowest BCUT2D eigenvalue weighted by Crippen LogP contribution is -2.59. The molecule has 0 fully saturated rings. The van der Waals surface area contributed by atoms with Crippen molar-refractivity contribution in [2.24, 2.45) is 39.9 Å². The molecule has 0 aromatic rings. The van der Waals surface area contributed by atoms with Crippen LogP contribution < -0.4 is 33.2 Å². The predicted molar refractivity (Wildman–Crippen MR) is 135 cm³/mol. The minimum atomic E-state index is -1.16. The standard InChI is InChI=1S/C23H45N7O5/c1-7-14(6)18(30-20(32)17(24)13(4)5)21(33)28-15(9-8-10-27-23(25)26)19(31)29-16(22(34)35)11-12(2)3/h12-18H,7-11,24H2,1-6H3,(H,28,33)(H,29,31)(H,30,32)(H,34,35)(H4,25,26,27). The molecule has 0 aliphatic heterocycles. The highest BCUT2D eigenvalue weighted by Gasteiger charge is 2.32. The Bertz CT molecular complexity index is 738. The first-order valence-electron chi connectivity index (χ1n) is 12.2. The molecule has 35 heavy (non-hydrogen) atoms. The molecule has 0 aliphatic carbocycles. The van der Waals surface area contributed by atoms with E-state index < -0.39 is 47.9 Å². The van der Waals surface area contributed by atoms with Crippen molar-refractivity contribution in [2.45, 2.75) is 91.4 Å². The van der Waals surface area contributed by atoms with Gasteiger partial charge < -0.3 is 38.3 Å². The Hall–Kier alpha value is -2.89. The fourth-order valence-corrected chi connectivity index (χ4v) is 3.25. The van der Waals surface area contributed by atoms with Gasteiger partial charge in [0.1, 0.15) is 18.1 Å². The number of rotatable bonds is 16. The summed E-state index contributed by atoms with van der Waals surface area (Å²) in [7, 11) is 0. The summed E-state index contributed by atoms with van der Waals surface area (Å²) >= 11 is 0. The van der Waals surface area contributed by atoms with Crippen LogP contribution in [0.15, 0.2) is 4.99 Å². The summed E-state index contributed by atoms with van der Waals surface area (Å²) in [6.45, 7) is 11.2. The second-order valence-corrected chi connectivity index (χ2v) is 9.68. The fourth-order valence-electron chi connectivity index (χ4n) is 3.25. The lowest BCUT2D eigenvalue weighted by Gasteiger charge is -2.28. The summed E-state index contributed by atoms with van der Waals surface area (Å²) in [5.74, 6) is -3.25. The van der Waals surface area contributed by atoms with Crippen molar-refractivity contribution in [2.75, 3.05) is 6.54 Å². The molecule has 12 nitrogen and oxygen atoms in total. The van der Waals surface area contributed by atoms with Crippen molar-refractivity contribution < 1.29 is 24.3 Å². The van der Waals surface area contributed by atoms with Gasteiger partial charge in [-0.25, -0.2) is 4.79 Å². The molecular formula is C23H45N7O5. The van der Waals surface area contributed by atoms with E-state index in [4.69, 9.17) is 17.2 Å². The predicted octanol–water partition coefficient (Wildman–Crippen LogP) is -0.345. The number of aliphatic imine (C=N–C) groups is 1. The second kappa shape index (κ2) is 15.9. The Kier molecular flexibility index (Phi) is 14.6. The van der Waals surface area contributed by atoms with E-state index in [0.717, 1.165) is 0 Å². The van der Waals surface area contributed by atoms with Gasteiger partial charge in [0.2, 0.25) is 17.7 Å². The highest BCUT2D eigenvalue weighted by molar-refractivity contribution is 5.94. The van der Waals surface area contributed by atoms with Crippen LogP contribution in [0, 0.1) is 17.8 Å². The molecule has 3 amide bonds. The van der Waals surface area contributed by atoms with Crippen molar-refractivity contribution in [1.82, 2.24) is 16.0 Å². The van der Waals surface area contributed by atoms with E-state index in [-0.39, 0.29) is 43.1 Å². The topological polar surface area (TPSA) is 215 Å². The Morgan fingerprint density at radius 1 is 0.886 bits per heavy atom. The van der Waals surface area contributed by atoms with E-state index in [0.29, 0.717) is 12.8 Å². The summed E-state index contributed by atoms with van der Waals surface area (Å²) in [5, 5.41) is 17.4. The van der Waals surface area contributed by atoms with Gasteiger partial charge in [-0.3, -0.25) is 19.4 Å². The molecule has 0 spiro atoms. The summed E-state index contributed by atoms with van der Waals surface area (Å²) in [5.41, 5.74) is 16.6. The summed E-state index contributed by atoms with van der Waals surface area (Å²) in [4.78, 5) is 54.2. The molecule has 0 rings (SSSR count). The first kappa shape index (κ1) is 32.1. The number of guanidine groups is 1. The molecule has 0 aromatic heterocycles. The first-order chi connectivity index (χ1) is 16.2. The summed E-state index contributed by atoms with van der Waals surface area (Å²) in [6.07, 6.45) is 1.34. The Morgan fingerprint density at radius 3 is 1.91 bits per heavy atom. The van der Waals surface area contributed by atoms with Crippen LogP contribution in [-0.2, 0) is 19.2 Å². The molecule has 5 atom stereocenters. The van der Waals surface area contributed by atoms with Crippen LogP contribution in [0.5, 0.6) is 0 Å². The van der Waals surface area contributed by atoms with Crippen LogP contribution >= 0.6 is 0 Å². The van der Waals surface area contributed by atoms with E-state index in [1.165, 1.54) is 0 Å². The van der Waals surface area contributed by atoms with Crippen LogP contribution in [-0.4, -0.2) is 65.5 Å². The fraction of sp³-hybridized carbons (Fsp3) is 0.783. The molecule has 0 aliphatic rings. The minimum Gasteiger partial charge on any atom is -0.480 e. The average Bonchev–Trinajstić information content (AvgIpc) is 2.76. The molecule has 12 heteroatoms. The molecule has 0 aromatic carbocycles.